The van der Waals surface area contributed by atoms with E-state index in [4.69, 9.17) is 4.74 Å². The SMILES string of the molecule is CC(Oc1cc(NC(=O)c2cccnc2Nc2ccc3cn[nH]c3c2)ccc1C(F)(F)C(F)(F)F)C1CCNCC1. The first-order chi connectivity index (χ1) is 19.5. The van der Waals surface area contributed by atoms with Crippen LogP contribution < -0.4 is 20.7 Å². The number of rotatable bonds is 8. The molecule has 4 aromatic rings. The molecule has 0 spiro atoms. The number of aromatic nitrogens is 3. The Balaban J connectivity index is 1.41. The highest BCUT2D eigenvalue weighted by atomic mass is 19.4. The van der Waals surface area contributed by atoms with Gasteiger partial charge in [0.2, 0.25) is 0 Å². The molecule has 1 atom stereocenters. The van der Waals surface area contributed by atoms with Crippen LogP contribution in [0.1, 0.15) is 35.7 Å². The smallest absolute Gasteiger partial charge is 0.458 e. The van der Waals surface area contributed by atoms with E-state index in [2.05, 4.69) is 31.1 Å². The van der Waals surface area contributed by atoms with Crippen molar-refractivity contribution in [3.63, 3.8) is 0 Å². The molecule has 1 saturated heterocycles. The quantitative estimate of drug-likeness (QED) is 0.182. The molecule has 8 nitrogen and oxygen atoms in total. The summed E-state index contributed by atoms with van der Waals surface area (Å²) in [5, 5.41) is 16.5. The van der Waals surface area contributed by atoms with Crippen LogP contribution >= 0.6 is 0 Å². The molecule has 1 aliphatic heterocycles. The standard InChI is InChI=1S/C28H27F5N6O2/c1-16(17-8-11-34-12-9-17)41-24-14-20(6-7-22(24)27(29,30)28(31,32)33)38-26(40)21-3-2-10-35-25(21)37-19-5-4-18-15-36-39-23(18)13-19/h2-7,10,13-17,34H,8-9,11-12H2,1H3,(H,35,37)(H,36,39)(H,38,40). The number of nitrogens with one attached hydrogen (secondary N) is 4. The second-order valence-electron chi connectivity index (χ2n) is 9.84. The minimum absolute atomic E-state index is 0.0158. The molecule has 4 N–H and O–H groups in total. The number of hydrogen-bond donors (Lipinski definition) is 4. The molecule has 1 amide bonds. The van der Waals surface area contributed by atoms with Crippen LogP contribution in [0.15, 0.2) is 60.9 Å². The highest BCUT2D eigenvalue weighted by Crippen LogP contribution is 2.48. The molecule has 0 saturated carbocycles. The van der Waals surface area contributed by atoms with Gasteiger partial charge in [0.25, 0.3) is 5.91 Å². The van der Waals surface area contributed by atoms with Gasteiger partial charge >= 0.3 is 12.1 Å². The largest absolute Gasteiger partial charge is 0.490 e. The van der Waals surface area contributed by atoms with Crippen LogP contribution in [-0.4, -0.2) is 46.5 Å². The number of carbonyl (C=O) groups is 1. The molecular formula is C28H27F5N6O2. The number of alkyl halides is 5. The summed E-state index contributed by atoms with van der Waals surface area (Å²) in [6.07, 6.45) is -1.94. The minimum atomic E-state index is -5.83. The second kappa shape index (κ2) is 11.3. The number of nitrogens with zero attached hydrogens (tertiary/aromatic N) is 2. The molecule has 2 aromatic heterocycles. The van der Waals surface area contributed by atoms with Crippen molar-refractivity contribution in [3.8, 4) is 5.75 Å². The fourth-order valence-corrected chi connectivity index (χ4v) is 4.76. The van der Waals surface area contributed by atoms with Gasteiger partial charge in [0, 0.05) is 29.0 Å². The Morgan fingerprint density at radius 1 is 1.05 bits per heavy atom. The third kappa shape index (κ3) is 6.09. The molecule has 1 unspecified atom stereocenters. The lowest BCUT2D eigenvalue weighted by atomic mass is 9.93. The van der Waals surface area contributed by atoms with E-state index in [1.165, 1.54) is 12.3 Å². The number of anilines is 3. The number of amides is 1. The van der Waals surface area contributed by atoms with E-state index in [1.807, 2.05) is 6.07 Å². The van der Waals surface area contributed by atoms with E-state index < -0.39 is 35.4 Å². The zero-order valence-electron chi connectivity index (χ0n) is 21.9. The first-order valence-corrected chi connectivity index (χ1v) is 13.0. The number of benzene rings is 2. The molecule has 216 valence electrons. The minimum Gasteiger partial charge on any atom is -0.490 e. The highest BCUT2D eigenvalue weighted by molar-refractivity contribution is 6.08. The number of carbonyl (C=O) groups excluding carboxylic acids is 1. The summed E-state index contributed by atoms with van der Waals surface area (Å²) in [5.41, 5.74) is 0.168. The predicted octanol–water partition coefficient (Wildman–Crippen LogP) is 6.37. The predicted molar refractivity (Wildman–Crippen MR) is 144 cm³/mol. The van der Waals surface area contributed by atoms with Crippen molar-refractivity contribution in [2.24, 2.45) is 5.92 Å². The number of halogens is 5. The maximum absolute atomic E-state index is 14.5. The number of pyridine rings is 1. The Morgan fingerprint density at radius 2 is 1.80 bits per heavy atom. The Morgan fingerprint density at radius 3 is 2.56 bits per heavy atom. The summed E-state index contributed by atoms with van der Waals surface area (Å²) in [6, 6.07) is 11.1. The molecule has 1 fully saturated rings. The summed E-state index contributed by atoms with van der Waals surface area (Å²) in [7, 11) is 0. The van der Waals surface area contributed by atoms with Crippen molar-refractivity contribution in [2.75, 3.05) is 23.7 Å². The monoisotopic (exact) mass is 574 g/mol. The van der Waals surface area contributed by atoms with Crippen LogP contribution in [0, 0.1) is 5.92 Å². The van der Waals surface area contributed by atoms with Crippen molar-refractivity contribution in [2.45, 2.75) is 38.0 Å². The van der Waals surface area contributed by atoms with E-state index in [1.54, 1.807) is 31.3 Å². The normalized spacial score (nSPS) is 15.5. The van der Waals surface area contributed by atoms with Gasteiger partial charge in [-0.1, -0.05) is 0 Å². The van der Waals surface area contributed by atoms with Gasteiger partial charge in [-0.3, -0.25) is 9.89 Å². The van der Waals surface area contributed by atoms with Gasteiger partial charge in [0.15, 0.2) is 0 Å². The van der Waals surface area contributed by atoms with Gasteiger partial charge in [-0.15, -0.1) is 0 Å². The second-order valence-corrected chi connectivity index (χ2v) is 9.84. The van der Waals surface area contributed by atoms with Crippen molar-refractivity contribution in [1.29, 1.82) is 0 Å². The third-order valence-electron chi connectivity index (χ3n) is 7.05. The molecular weight excluding hydrogens is 547 g/mol. The van der Waals surface area contributed by atoms with Gasteiger partial charge in [-0.25, -0.2) is 4.98 Å². The maximum Gasteiger partial charge on any atom is 0.458 e. The number of hydrogen-bond acceptors (Lipinski definition) is 6. The lowest BCUT2D eigenvalue weighted by Crippen LogP contribution is -2.37. The number of ether oxygens (including phenoxy) is 1. The van der Waals surface area contributed by atoms with Crippen LogP contribution in [0.25, 0.3) is 10.9 Å². The number of piperidine rings is 1. The topological polar surface area (TPSA) is 104 Å². The van der Waals surface area contributed by atoms with Gasteiger partial charge in [-0.05, 0) is 81.2 Å². The average molecular weight is 575 g/mol. The van der Waals surface area contributed by atoms with Crippen molar-refractivity contribution in [3.05, 3.63) is 72.1 Å². The van der Waals surface area contributed by atoms with Crippen LogP contribution in [-0.2, 0) is 5.92 Å². The number of aromatic amines is 1. The fourth-order valence-electron chi connectivity index (χ4n) is 4.76. The Bertz CT molecular complexity index is 1530. The van der Waals surface area contributed by atoms with Gasteiger partial charge in [-0.2, -0.15) is 27.1 Å². The van der Waals surface area contributed by atoms with Crippen molar-refractivity contribution >= 4 is 34.0 Å². The molecule has 0 radical (unpaired) electrons. The summed E-state index contributed by atoms with van der Waals surface area (Å²) >= 11 is 0. The zero-order valence-corrected chi connectivity index (χ0v) is 21.9. The Labute approximate surface area is 231 Å². The van der Waals surface area contributed by atoms with Crippen LogP contribution in [0.4, 0.5) is 39.1 Å². The molecule has 3 heterocycles. The summed E-state index contributed by atoms with van der Waals surface area (Å²) in [6.45, 7) is 3.03. The average Bonchev–Trinajstić information content (AvgIpc) is 3.41. The first-order valence-electron chi connectivity index (χ1n) is 13.0. The molecule has 1 aliphatic rings. The molecule has 0 bridgehead atoms. The number of fused-ring (bicyclic) bond motifs is 1. The van der Waals surface area contributed by atoms with Crippen LogP contribution in [0.3, 0.4) is 0 Å². The third-order valence-corrected chi connectivity index (χ3v) is 7.05. The van der Waals surface area contributed by atoms with Gasteiger partial charge in [0.1, 0.15) is 11.6 Å². The lowest BCUT2D eigenvalue weighted by Gasteiger charge is -2.30. The van der Waals surface area contributed by atoms with E-state index >= 15 is 0 Å². The van der Waals surface area contributed by atoms with Gasteiger partial charge in [0.05, 0.1) is 28.9 Å². The van der Waals surface area contributed by atoms with E-state index in [9.17, 15) is 26.7 Å². The van der Waals surface area contributed by atoms with Crippen LogP contribution in [0.2, 0.25) is 0 Å². The molecule has 41 heavy (non-hydrogen) atoms. The molecule has 2 aromatic carbocycles. The van der Waals surface area contributed by atoms with Crippen molar-refractivity contribution < 1.29 is 31.5 Å². The Hall–Kier alpha value is -4.26. The zero-order chi connectivity index (χ0) is 29.2. The molecule has 5 rings (SSSR count). The van der Waals surface area contributed by atoms with E-state index in [-0.39, 0.29) is 23.0 Å². The van der Waals surface area contributed by atoms with Gasteiger partial charge < -0.3 is 20.7 Å². The summed E-state index contributed by atoms with van der Waals surface area (Å²) < 4.78 is 74.6. The van der Waals surface area contributed by atoms with Crippen LogP contribution in [0.5, 0.6) is 5.75 Å². The first kappa shape index (κ1) is 28.3. The van der Waals surface area contributed by atoms with Crippen molar-refractivity contribution in [1.82, 2.24) is 20.5 Å². The highest BCUT2D eigenvalue weighted by Gasteiger charge is 2.60. The lowest BCUT2D eigenvalue weighted by molar-refractivity contribution is -0.289. The molecule has 0 aliphatic carbocycles. The molecule has 13 heteroatoms. The number of H-pyrrole nitrogens is 1. The maximum atomic E-state index is 14.5. The summed E-state index contributed by atoms with van der Waals surface area (Å²) in [4.78, 5) is 17.5. The summed E-state index contributed by atoms with van der Waals surface area (Å²) in [5.74, 6) is -6.29. The Kier molecular flexibility index (Phi) is 7.80. The van der Waals surface area contributed by atoms with E-state index in [0.717, 1.165) is 23.0 Å². The fraction of sp³-hybridized carbons (Fsp3) is 0.321. The van der Waals surface area contributed by atoms with E-state index in [0.29, 0.717) is 37.7 Å².